The van der Waals surface area contributed by atoms with Crippen molar-refractivity contribution in [2.75, 3.05) is 19.7 Å². The van der Waals surface area contributed by atoms with E-state index in [1.807, 2.05) is 4.98 Å². The maximum Gasteiger partial charge on any atom is 0.328 e. The van der Waals surface area contributed by atoms with Gasteiger partial charge in [-0.05, 0) is 50.5 Å². The zero-order valence-electron chi connectivity index (χ0n) is 21.7. The largest absolute Gasteiger partial charge is 0.481 e. The van der Waals surface area contributed by atoms with E-state index in [4.69, 9.17) is 9.94 Å². The first kappa shape index (κ1) is 30.6. The van der Waals surface area contributed by atoms with Crippen molar-refractivity contribution in [3.63, 3.8) is 0 Å². The minimum atomic E-state index is -4.16. The summed E-state index contributed by atoms with van der Waals surface area (Å²) in [5.41, 5.74) is -0.523. The van der Waals surface area contributed by atoms with E-state index in [2.05, 4.69) is 32.4 Å². The van der Waals surface area contributed by atoms with Crippen LogP contribution < -0.4 is 32.1 Å². The maximum atomic E-state index is 13.1. The number of sulfone groups is 1. The number of carbonyl (C=O) groups excluding carboxylic acids is 3. The van der Waals surface area contributed by atoms with Gasteiger partial charge >= 0.3 is 11.7 Å². The molecule has 0 fully saturated rings. The summed E-state index contributed by atoms with van der Waals surface area (Å²) in [4.78, 5) is 67.7. The molecule has 0 aliphatic heterocycles. The Morgan fingerprint density at radius 1 is 1.12 bits per heavy atom. The lowest BCUT2D eigenvalue weighted by Crippen LogP contribution is -2.39. The van der Waals surface area contributed by atoms with Crippen LogP contribution in [0.3, 0.4) is 0 Å². The quantitative estimate of drug-likeness (QED) is 0.0653. The van der Waals surface area contributed by atoms with Gasteiger partial charge in [0.15, 0.2) is 21.0 Å². The first-order chi connectivity index (χ1) is 19.6. The van der Waals surface area contributed by atoms with E-state index in [1.165, 1.54) is 29.7 Å². The highest BCUT2D eigenvalue weighted by Crippen LogP contribution is 2.23. The Kier molecular flexibility index (Phi) is 10.4. The number of amides is 3. The Bertz CT molecular complexity index is 1700. The fraction of sp³-hybridized carbons (Fsp3) is 0.333. The van der Waals surface area contributed by atoms with Crippen LogP contribution in [0, 0.1) is 11.8 Å². The summed E-state index contributed by atoms with van der Waals surface area (Å²) < 4.78 is 32.3. The van der Waals surface area contributed by atoms with Crippen molar-refractivity contribution in [2.24, 2.45) is 0 Å². The Balaban J connectivity index is 1.48. The number of nitrogens with zero attached hydrogens (tertiary/aromatic N) is 2. The normalized spacial score (nSPS) is 11.7. The van der Waals surface area contributed by atoms with E-state index in [-0.39, 0.29) is 48.5 Å². The zero-order valence-corrected chi connectivity index (χ0v) is 22.5. The van der Waals surface area contributed by atoms with Crippen molar-refractivity contribution in [1.29, 1.82) is 0 Å². The fourth-order valence-corrected chi connectivity index (χ4v) is 5.31. The lowest BCUT2D eigenvalue weighted by molar-refractivity contribution is -0.129. The molecule has 3 aromatic rings. The summed E-state index contributed by atoms with van der Waals surface area (Å²) in [6, 6.07) is 4.62. The second-order valence-electron chi connectivity index (χ2n) is 8.42. The second-order valence-corrected chi connectivity index (χ2v) is 10.6. The molecule has 0 bridgehead atoms. The molecular weight excluding hydrogens is 562 g/mol. The number of fused-ring (bicyclic) bond motifs is 1. The molecule has 0 saturated carbocycles. The van der Waals surface area contributed by atoms with Crippen molar-refractivity contribution in [3.8, 4) is 17.6 Å². The van der Waals surface area contributed by atoms with Crippen LogP contribution in [0.5, 0.6) is 5.75 Å². The van der Waals surface area contributed by atoms with E-state index in [9.17, 15) is 32.4 Å². The van der Waals surface area contributed by atoms with E-state index in [1.54, 1.807) is 6.92 Å². The first-order valence-electron chi connectivity index (χ1n) is 12.1. The lowest BCUT2D eigenvalue weighted by atomic mass is 10.2. The standard InChI is InChI=1S/C24H27N7O9S/c1-2-3-12-40-15-7-9-16(10-8-15)41(38,39)17(21(33)30-37)6-4-5-11-25-18(32)13-26-24(36)31-14-27-19-20(31)28-23(35)29-22(19)34/h7-10,14,17,37H,4-6,11-13H2,1H3,(H,25,32)(H,26,36)(H,30,33)(H2,28,29,34,35). The molecule has 0 saturated heterocycles. The van der Waals surface area contributed by atoms with Crippen molar-refractivity contribution in [3.05, 3.63) is 51.4 Å². The SMILES string of the molecule is CC#CCOc1ccc(S(=O)(=O)C(CCCCNC(=O)CNC(=O)n2cnc3c(=O)[nH]c(=O)[nH]c32)C(=O)NO)cc1. The zero-order chi connectivity index (χ0) is 30.0. The number of aromatic nitrogens is 4. The summed E-state index contributed by atoms with van der Waals surface area (Å²) in [6.07, 6.45) is 1.35. The number of aromatic amines is 2. The molecule has 3 rings (SSSR count). The number of nitrogens with one attached hydrogen (secondary N) is 5. The number of unbranched alkanes of at least 4 members (excludes halogenated alkanes) is 1. The first-order valence-corrected chi connectivity index (χ1v) is 13.7. The number of carbonyl (C=O) groups is 3. The van der Waals surface area contributed by atoms with Crippen LogP contribution in [0.15, 0.2) is 45.1 Å². The van der Waals surface area contributed by atoms with Crippen molar-refractivity contribution >= 4 is 38.8 Å². The Hall–Kier alpha value is -4.95. The van der Waals surface area contributed by atoms with Gasteiger partial charge in [0.1, 0.15) is 23.9 Å². The number of imidazole rings is 1. The molecule has 6 N–H and O–H groups in total. The average Bonchev–Trinajstić information content (AvgIpc) is 3.38. The van der Waals surface area contributed by atoms with Gasteiger partial charge in [0.2, 0.25) is 5.91 Å². The van der Waals surface area contributed by atoms with E-state index in [0.29, 0.717) is 5.75 Å². The van der Waals surface area contributed by atoms with Crippen LogP contribution in [0.2, 0.25) is 0 Å². The number of rotatable bonds is 12. The monoisotopic (exact) mass is 589 g/mol. The predicted octanol–water partition coefficient (Wildman–Crippen LogP) is -0.993. The lowest BCUT2D eigenvalue weighted by Gasteiger charge is -2.16. The Morgan fingerprint density at radius 3 is 2.54 bits per heavy atom. The summed E-state index contributed by atoms with van der Waals surface area (Å²) in [6.45, 7) is 1.45. The highest BCUT2D eigenvalue weighted by atomic mass is 32.2. The summed E-state index contributed by atoms with van der Waals surface area (Å²) in [7, 11) is -4.16. The Morgan fingerprint density at radius 2 is 1.85 bits per heavy atom. The van der Waals surface area contributed by atoms with E-state index in [0.717, 1.165) is 10.9 Å². The van der Waals surface area contributed by atoms with E-state index < -0.39 is 50.7 Å². The van der Waals surface area contributed by atoms with Crippen molar-refractivity contribution in [1.82, 2.24) is 35.6 Å². The van der Waals surface area contributed by atoms with Gasteiger partial charge in [-0.2, -0.15) is 0 Å². The molecule has 2 aromatic heterocycles. The minimum absolute atomic E-state index is 0.103. The summed E-state index contributed by atoms with van der Waals surface area (Å²) in [5, 5.41) is 12.4. The number of hydrogen-bond donors (Lipinski definition) is 6. The van der Waals surface area contributed by atoms with Gasteiger partial charge in [0.05, 0.1) is 11.4 Å². The molecule has 3 amide bonds. The molecule has 0 radical (unpaired) electrons. The van der Waals surface area contributed by atoms with Crippen LogP contribution >= 0.6 is 0 Å². The molecular formula is C24H27N7O9S. The van der Waals surface area contributed by atoms with Crippen molar-refractivity contribution < 1.29 is 32.7 Å². The molecule has 1 unspecified atom stereocenters. The third-order valence-electron chi connectivity index (χ3n) is 5.69. The maximum absolute atomic E-state index is 13.1. The van der Waals surface area contributed by atoms with Gasteiger partial charge in [-0.1, -0.05) is 5.92 Å². The molecule has 0 aliphatic carbocycles. The average molecular weight is 590 g/mol. The van der Waals surface area contributed by atoms with Crippen LogP contribution in [0.25, 0.3) is 11.2 Å². The van der Waals surface area contributed by atoms with Gasteiger partial charge in [0.25, 0.3) is 11.5 Å². The van der Waals surface area contributed by atoms with Gasteiger partial charge in [-0.15, -0.1) is 5.92 Å². The van der Waals surface area contributed by atoms with Crippen molar-refractivity contribution in [2.45, 2.75) is 36.3 Å². The topological polar surface area (TPSA) is 234 Å². The molecule has 2 heterocycles. The van der Waals surface area contributed by atoms with Crippen LogP contribution in [0.4, 0.5) is 4.79 Å². The summed E-state index contributed by atoms with van der Waals surface area (Å²) in [5.74, 6) is 4.11. The minimum Gasteiger partial charge on any atom is -0.481 e. The van der Waals surface area contributed by atoms with Crippen LogP contribution in [-0.2, 0) is 19.4 Å². The van der Waals surface area contributed by atoms with Crippen LogP contribution in [-0.4, -0.2) is 75.9 Å². The van der Waals surface area contributed by atoms with Gasteiger partial charge in [-0.25, -0.2) is 33.0 Å². The number of ether oxygens (including phenoxy) is 1. The molecule has 16 nitrogen and oxygen atoms in total. The number of benzene rings is 1. The molecule has 1 aromatic carbocycles. The molecule has 0 spiro atoms. The number of H-pyrrole nitrogens is 2. The van der Waals surface area contributed by atoms with Gasteiger partial charge in [-0.3, -0.25) is 29.6 Å². The number of hydroxylamine groups is 1. The second kappa shape index (κ2) is 13.9. The van der Waals surface area contributed by atoms with Gasteiger partial charge < -0.3 is 15.4 Å². The smallest absolute Gasteiger partial charge is 0.328 e. The third kappa shape index (κ3) is 7.80. The number of hydrogen-bond acceptors (Lipinski definition) is 10. The van der Waals surface area contributed by atoms with Crippen LogP contribution in [0.1, 0.15) is 26.2 Å². The molecule has 218 valence electrons. The predicted molar refractivity (Wildman–Crippen MR) is 143 cm³/mol. The fourth-order valence-electron chi connectivity index (χ4n) is 3.66. The van der Waals surface area contributed by atoms with E-state index >= 15 is 0 Å². The molecule has 17 heteroatoms. The Labute approximate surface area is 232 Å². The molecule has 1 atom stereocenters. The highest BCUT2D eigenvalue weighted by molar-refractivity contribution is 7.92. The highest BCUT2D eigenvalue weighted by Gasteiger charge is 2.33. The molecule has 0 aliphatic rings. The van der Waals surface area contributed by atoms with Gasteiger partial charge in [0, 0.05) is 6.54 Å². The molecule has 41 heavy (non-hydrogen) atoms. The summed E-state index contributed by atoms with van der Waals surface area (Å²) >= 11 is 0. The third-order valence-corrected chi connectivity index (χ3v) is 7.82.